The van der Waals surface area contributed by atoms with Crippen molar-refractivity contribution < 1.29 is 37.0 Å². The number of amides is 3. The third-order valence-electron chi connectivity index (χ3n) is 2.48. The number of imide groups is 1. The number of nitrogens with zero attached hydrogens (tertiary/aromatic N) is 1. The van der Waals surface area contributed by atoms with Gasteiger partial charge in [-0.05, 0) is 12.5 Å². The van der Waals surface area contributed by atoms with E-state index >= 15 is 0 Å². The van der Waals surface area contributed by atoms with Gasteiger partial charge in [-0.3, -0.25) is 10.1 Å². The quantitative estimate of drug-likeness (QED) is 0.710. The molecule has 0 aromatic carbocycles. The lowest BCUT2D eigenvalue weighted by Crippen LogP contribution is -2.41. The maximum absolute atomic E-state index is 12.0. The van der Waals surface area contributed by atoms with Crippen LogP contribution in [0.5, 0.6) is 5.88 Å². The molecule has 138 valence electrons. The molecule has 1 rings (SSSR count). The molecule has 0 spiro atoms. The molecule has 1 heterocycles. The van der Waals surface area contributed by atoms with E-state index in [1.54, 1.807) is 0 Å². The molecular weight excluding hydrogens is 347 g/mol. The molecule has 0 aliphatic carbocycles. The zero-order valence-electron chi connectivity index (χ0n) is 13.2. The van der Waals surface area contributed by atoms with Gasteiger partial charge in [0.25, 0.3) is 5.91 Å². The first-order chi connectivity index (χ1) is 11.7. The predicted molar refractivity (Wildman–Crippen MR) is 77.9 cm³/mol. The molecule has 0 bridgehead atoms. The van der Waals surface area contributed by atoms with Crippen LogP contribution in [0.25, 0.3) is 0 Å². The van der Waals surface area contributed by atoms with E-state index in [4.69, 9.17) is 0 Å². The van der Waals surface area contributed by atoms with Crippen molar-refractivity contribution in [1.29, 1.82) is 0 Å². The average Bonchev–Trinajstić information content (AvgIpc) is 2.55. The molecule has 2 N–H and O–H groups in total. The molecule has 0 unspecified atom stereocenters. The number of ether oxygens (including phenoxy) is 2. The standard InChI is InChI=1S/C14H16F3N3O5/c1-2-5-18-13(23)20-10(21)7-24-12(22)9-3-4-11(19-6-9)25-8-14(15,16)17/h3-4,6H,2,5,7-8H2,1H3,(H2,18,20,21,23). The summed E-state index contributed by atoms with van der Waals surface area (Å²) in [5, 5.41) is 4.35. The Kier molecular flexibility index (Phi) is 7.63. The van der Waals surface area contributed by atoms with Crippen molar-refractivity contribution >= 4 is 17.9 Å². The Hall–Kier alpha value is -2.85. The minimum absolute atomic E-state index is 0.0948. The monoisotopic (exact) mass is 363 g/mol. The Labute approximate surface area is 140 Å². The topological polar surface area (TPSA) is 107 Å². The molecule has 0 aliphatic heterocycles. The molecule has 1 aromatic rings. The highest BCUT2D eigenvalue weighted by Gasteiger charge is 2.28. The number of carbonyl (C=O) groups excluding carboxylic acids is 3. The number of halogens is 3. The zero-order valence-corrected chi connectivity index (χ0v) is 13.2. The SMILES string of the molecule is CCCNC(=O)NC(=O)COC(=O)c1ccc(OCC(F)(F)F)nc1. The number of alkyl halides is 3. The molecule has 0 fully saturated rings. The number of pyridine rings is 1. The van der Waals surface area contributed by atoms with Crippen molar-refractivity contribution in [3.63, 3.8) is 0 Å². The van der Waals surface area contributed by atoms with Gasteiger partial charge >= 0.3 is 18.2 Å². The van der Waals surface area contributed by atoms with Gasteiger partial charge in [0, 0.05) is 18.8 Å². The molecule has 0 saturated carbocycles. The Morgan fingerprint density at radius 1 is 1.24 bits per heavy atom. The lowest BCUT2D eigenvalue weighted by Gasteiger charge is -2.09. The third-order valence-corrected chi connectivity index (χ3v) is 2.48. The lowest BCUT2D eigenvalue weighted by atomic mass is 10.3. The Bertz CT molecular complexity index is 605. The number of carbonyl (C=O) groups is 3. The van der Waals surface area contributed by atoms with Gasteiger partial charge in [0.15, 0.2) is 13.2 Å². The number of aromatic nitrogens is 1. The van der Waals surface area contributed by atoms with Crippen LogP contribution in [0.2, 0.25) is 0 Å². The summed E-state index contributed by atoms with van der Waals surface area (Å²) in [6.45, 7) is -0.000550. The zero-order chi connectivity index (χ0) is 18.9. The normalized spacial score (nSPS) is 10.7. The highest BCUT2D eigenvalue weighted by molar-refractivity contribution is 5.96. The minimum atomic E-state index is -4.50. The number of urea groups is 1. The Balaban J connectivity index is 2.42. The maximum Gasteiger partial charge on any atom is 0.422 e. The smallest absolute Gasteiger partial charge is 0.422 e. The van der Waals surface area contributed by atoms with Gasteiger partial charge in [-0.15, -0.1) is 0 Å². The second-order valence-corrected chi connectivity index (χ2v) is 4.67. The number of nitrogens with one attached hydrogen (secondary N) is 2. The van der Waals surface area contributed by atoms with E-state index < -0.39 is 37.3 Å². The van der Waals surface area contributed by atoms with Gasteiger partial charge < -0.3 is 14.8 Å². The summed E-state index contributed by atoms with van der Waals surface area (Å²) in [5.41, 5.74) is -0.0948. The van der Waals surface area contributed by atoms with Crippen LogP contribution in [-0.4, -0.2) is 48.8 Å². The van der Waals surface area contributed by atoms with Crippen LogP contribution in [0.4, 0.5) is 18.0 Å². The molecule has 0 saturated heterocycles. The fourth-order valence-corrected chi connectivity index (χ4v) is 1.40. The fourth-order valence-electron chi connectivity index (χ4n) is 1.40. The number of hydrogen-bond donors (Lipinski definition) is 2. The minimum Gasteiger partial charge on any atom is -0.468 e. The third kappa shape index (κ3) is 8.53. The van der Waals surface area contributed by atoms with Crippen LogP contribution in [0.15, 0.2) is 18.3 Å². The van der Waals surface area contributed by atoms with E-state index in [1.165, 1.54) is 0 Å². The van der Waals surface area contributed by atoms with E-state index in [2.05, 4.69) is 19.8 Å². The molecule has 25 heavy (non-hydrogen) atoms. The molecule has 8 nitrogen and oxygen atoms in total. The summed E-state index contributed by atoms with van der Waals surface area (Å²) < 4.78 is 45.0. The van der Waals surface area contributed by atoms with Gasteiger partial charge in [0.1, 0.15) is 0 Å². The van der Waals surface area contributed by atoms with E-state index in [-0.39, 0.29) is 11.4 Å². The number of hydrogen-bond acceptors (Lipinski definition) is 6. The Morgan fingerprint density at radius 3 is 2.52 bits per heavy atom. The molecule has 11 heteroatoms. The first-order valence-corrected chi connectivity index (χ1v) is 7.11. The van der Waals surface area contributed by atoms with E-state index in [0.29, 0.717) is 13.0 Å². The second kappa shape index (κ2) is 9.45. The summed E-state index contributed by atoms with van der Waals surface area (Å²) in [6.07, 6.45) is -2.87. The van der Waals surface area contributed by atoms with E-state index in [9.17, 15) is 27.6 Å². The van der Waals surface area contributed by atoms with Crippen molar-refractivity contribution in [3.8, 4) is 5.88 Å². The van der Waals surface area contributed by atoms with Gasteiger partial charge in [-0.2, -0.15) is 13.2 Å². The summed E-state index contributed by atoms with van der Waals surface area (Å²) in [5.74, 6) is -2.08. The predicted octanol–water partition coefficient (Wildman–Crippen LogP) is 1.42. The highest BCUT2D eigenvalue weighted by atomic mass is 19.4. The van der Waals surface area contributed by atoms with Crippen LogP contribution in [-0.2, 0) is 9.53 Å². The molecule has 3 amide bonds. The Morgan fingerprint density at radius 2 is 1.96 bits per heavy atom. The highest BCUT2D eigenvalue weighted by Crippen LogP contribution is 2.17. The molecule has 0 aliphatic rings. The summed E-state index contributed by atoms with van der Waals surface area (Å²) in [7, 11) is 0. The first-order valence-electron chi connectivity index (χ1n) is 7.11. The number of esters is 1. The van der Waals surface area contributed by atoms with Gasteiger partial charge in [0.05, 0.1) is 5.56 Å². The van der Waals surface area contributed by atoms with Crippen molar-refractivity contribution in [2.45, 2.75) is 19.5 Å². The van der Waals surface area contributed by atoms with E-state index in [0.717, 1.165) is 18.3 Å². The maximum atomic E-state index is 12.0. The van der Waals surface area contributed by atoms with Crippen LogP contribution >= 0.6 is 0 Å². The van der Waals surface area contributed by atoms with Crippen LogP contribution in [0, 0.1) is 0 Å². The second-order valence-electron chi connectivity index (χ2n) is 4.67. The van der Waals surface area contributed by atoms with Gasteiger partial charge in [0.2, 0.25) is 5.88 Å². The van der Waals surface area contributed by atoms with Gasteiger partial charge in [-0.1, -0.05) is 6.92 Å². The molecule has 0 atom stereocenters. The molecule has 1 aromatic heterocycles. The van der Waals surface area contributed by atoms with Gasteiger partial charge in [-0.25, -0.2) is 14.6 Å². The average molecular weight is 363 g/mol. The molecule has 0 radical (unpaired) electrons. The van der Waals surface area contributed by atoms with Crippen LogP contribution in [0.1, 0.15) is 23.7 Å². The molecular formula is C14H16F3N3O5. The van der Waals surface area contributed by atoms with E-state index in [1.807, 2.05) is 12.2 Å². The number of rotatable bonds is 7. The van der Waals surface area contributed by atoms with Crippen molar-refractivity contribution in [1.82, 2.24) is 15.6 Å². The lowest BCUT2D eigenvalue weighted by molar-refractivity contribution is -0.154. The van der Waals surface area contributed by atoms with Crippen molar-refractivity contribution in [3.05, 3.63) is 23.9 Å². The van der Waals surface area contributed by atoms with Crippen LogP contribution in [0.3, 0.4) is 0 Å². The van der Waals surface area contributed by atoms with Crippen LogP contribution < -0.4 is 15.4 Å². The fraction of sp³-hybridized carbons (Fsp3) is 0.429. The van der Waals surface area contributed by atoms with Crippen molar-refractivity contribution in [2.24, 2.45) is 0 Å². The largest absolute Gasteiger partial charge is 0.468 e. The first kappa shape index (κ1) is 20.2. The summed E-state index contributed by atoms with van der Waals surface area (Å²) >= 11 is 0. The summed E-state index contributed by atoms with van der Waals surface area (Å²) in [4.78, 5) is 37.8. The van der Waals surface area contributed by atoms with Crippen molar-refractivity contribution in [2.75, 3.05) is 19.8 Å². The summed E-state index contributed by atoms with van der Waals surface area (Å²) in [6, 6.07) is 1.48.